The van der Waals surface area contributed by atoms with E-state index in [2.05, 4.69) is 15.0 Å². The molecule has 1 aliphatic rings. The molecule has 0 N–H and O–H groups in total. The number of piperidine rings is 1. The molecule has 1 aromatic heterocycles. The third-order valence-corrected chi connectivity index (χ3v) is 4.36. The average Bonchev–Trinajstić information content (AvgIpc) is 3.03. The van der Waals surface area contributed by atoms with E-state index in [1.54, 1.807) is 0 Å². The molecule has 1 unspecified atom stereocenters. The summed E-state index contributed by atoms with van der Waals surface area (Å²) in [6.45, 7) is 4.45. The highest BCUT2D eigenvalue weighted by Gasteiger charge is 2.26. The van der Waals surface area contributed by atoms with E-state index in [4.69, 9.17) is 4.52 Å². The fraction of sp³-hybridized carbons (Fsp3) is 0.500. The fourth-order valence-electron chi connectivity index (χ4n) is 3.10. The molecule has 5 nitrogen and oxygen atoms in total. The number of nitrogens with zero attached hydrogens (tertiary/aromatic N) is 3. The van der Waals surface area contributed by atoms with Crippen LogP contribution in [0.1, 0.15) is 37.0 Å². The maximum atomic E-state index is 12.5. The summed E-state index contributed by atoms with van der Waals surface area (Å²) in [5.74, 6) is 1.84. The predicted octanol–water partition coefficient (Wildman–Crippen LogP) is 2.66. The lowest BCUT2D eigenvalue weighted by Gasteiger charge is -2.31. The second-order valence-corrected chi connectivity index (χ2v) is 6.16. The van der Waals surface area contributed by atoms with Crippen molar-refractivity contribution in [2.75, 3.05) is 13.1 Å². The van der Waals surface area contributed by atoms with E-state index in [9.17, 15) is 4.79 Å². The first-order valence-electron chi connectivity index (χ1n) is 8.35. The molecule has 1 aromatic carbocycles. The summed E-state index contributed by atoms with van der Waals surface area (Å²) in [4.78, 5) is 19.2. The lowest BCUT2D eigenvalue weighted by Crippen LogP contribution is -2.39. The maximum Gasteiger partial charge on any atom is 0.226 e. The minimum absolute atomic E-state index is 0.113. The largest absolute Gasteiger partial charge is 0.339 e. The van der Waals surface area contributed by atoms with Gasteiger partial charge in [-0.15, -0.1) is 0 Å². The fourth-order valence-corrected chi connectivity index (χ4v) is 3.10. The monoisotopic (exact) mass is 313 g/mol. The van der Waals surface area contributed by atoms with Crippen LogP contribution in [-0.4, -0.2) is 33.9 Å². The standard InChI is InChI=1S/C18H23N3O2/c1-2-18-19-17(20-23-18)13-21-10-6-9-15(12-21)16(22)11-14-7-4-3-5-8-14/h3-5,7-8,15H,2,6,9-13H2,1H3. The minimum Gasteiger partial charge on any atom is -0.339 e. The summed E-state index contributed by atoms with van der Waals surface area (Å²) < 4.78 is 5.15. The zero-order valence-corrected chi connectivity index (χ0v) is 13.6. The van der Waals surface area contributed by atoms with Gasteiger partial charge in [0.1, 0.15) is 5.78 Å². The molecular weight excluding hydrogens is 290 g/mol. The minimum atomic E-state index is 0.113. The SMILES string of the molecule is CCc1nc(CN2CCCC(C(=O)Cc3ccccc3)C2)no1. The van der Waals surface area contributed by atoms with Gasteiger partial charge in [-0.3, -0.25) is 9.69 Å². The topological polar surface area (TPSA) is 59.2 Å². The van der Waals surface area contributed by atoms with Crippen LogP contribution >= 0.6 is 0 Å². The van der Waals surface area contributed by atoms with Crippen LogP contribution in [-0.2, 0) is 24.2 Å². The Bertz CT molecular complexity index is 639. The zero-order valence-electron chi connectivity index (χ0n) is 13.6. The number of hydrogen-bond acceptors (Lipinski definition) is 5. The first kappa shape index (κ1) is 15.9. The molecule has 0 spiro atoms. The number of carbonyl (C=O) groups is 1. The van der Waals surface area contributed by atoms with Crippen LogP contribution in [0, 0.1) is 5.92 Å². The van der Waals surface area contributed by atoms with Gasteiger partial charge in [0.15, 0.2) is 5.82 Å². The van der Waals surface area contributed by atoms with Crippen molar-refractivity contribution in [2.45, 2.75) is 39.2 Å². The summed E-state index contributed by atoms with van der Waals surface area (Å²) >= 11 is 0. The molecule has 0 aliphatic carbocycles. The summed E-state index contributed by atoms with van der Waals surface area (Å²) in [5.41, 5.74) is 1.10. The molecule has 1 fully saturated rings. The van der Waals surface area contributed by atoms with E-state index in [1.807, 2.05) is 37.3 Å². The quantitative estimate of drug-likeness (QED) is 0.820. The first-order chi connectivity index (χ1) is 11.2. The first-order valence-corrected chi connectivity index (χ1v) is 8.35. The molecule has 1 atom stereocenters. The molecule has 0 bridgehead atoms. The van der Waals surface area contributed by atoms with Crippen LogP contribution in [0.4, 0.5) is 0 Å². The molecule has 23 heavy (non-hydrogen) atoms. The van der Waals surface area contributed by atoms with Gasteiger partial charge in [-0.2, -0.15) is 4.98 Å². The van der Waals surface area contributed by atoms with Crippen molar-refractivity contribution in [3.05, 3.63) is 47.6 Å². The van der Waals surface area contributed by atoms with Gasteiger partial charge in [0.25, 0.3) is 0 Å². The second kappa shape index (κ2) is 7.51. The van der Waals surface area contributed by atoms with Gasteiger partial charge in [0.2, 0.25) is 5.89 Å². The molecule has 3 rings (SSSR count). The number of carbonyl (C=O) groups excluding carboxylic acids is 1. The molecule has 122 valence electrons. The van der Waals surface area contributed by atoms with Gasteiger partial charge in [-0.1, -0.05) is 42.4 Å². The second-order valence-electron chi connectivity index (χ2n) is 6.16. The molecule has 1 saturated heterocycles. The summed E-state index contributed by atoms with van der Waals surface area (Å²) in [6.07, 6.45) is 3.31. The van der Waals surface area contributed by atoms with Crippen molar-refractivity contribution in [2.24, 2.45) is 5.92 Å². The van der Waals surface area contributed by atoms with Gasteiger partial charge >= 0.3 is 0 Å². The highest BCUT2D eigenvalue weighted by molar-refractivity contribution is 5.83. The molecular formula is C18H23N3O2. The number of benzene rings is 1. The Morgan fingerprint density at radius 3 is 2.91 bits per heavy atom. The van der Waals surface area contributed by atoms with E-state index in [0.29, 0.717) is 24.6 Å². The Balaban J connectivity index is 1.56. The van der Waals surface area contributed by atoms with Crippen molar-refractivity contribution in [3.8, 4) is 0 Å². The number of hydrogen-bond donors (Lipinski definition) is 0. The lowest BCUT2D eigenvalue weighted by atomic mass is 9.90. The summed E-state index contributed by atoms with van der Waals surface area (Å²) in [6, 6.07) is 9.98. The van der Waals surface area contributed by atoms with Gasteiger partial charge in [0, 0.05) is 25.3 Å². The maximum absolute atomic E-state index is 12.5. The highest BCUT2D eigenvalue weighted by atomic mass is 16.5. The summed E-state index contributed by atoms with van der Waals surface area (Å²) in [7, 11) is 0. The van der Waals surface area contributed by atoms with Gasteiger partial charge in [-0.05, 0) is 24.9 Å². The number of aromatic nitrogens is 2. The van der Waals surface area contributed by atoms with Gasteiger partial charge < -0.3 is 4.52 Å². The Kier molecular flexibility index (Phi) is 5.18. The van der Waals surface area contributed by atoms with Gasteiger partial charge in [0.05, 0.1) is 6.54 Å². The van der Waals surface area contributed by atoms with E-state index in [1.165, 1.54) is 0 Å². The van der Waals surface area contributed by atoms with E-state index in [-0.39, 0.29) is 5.92 Å². The molecule has 1 aliphatic heterocycles. The van der Waals surface area contributed by atoms with Crippen molar-refractivity contribution in [1.29, 1.82) is 0 Å². The Hall–Kier alpha value is -2.01. The molecule has 0 saturated carbocycles. The van der Waals surface area contributed by atoms with Crippen molar-refractivity contribution >= 4 is 5.78 Å². The van der Waals surface area contributed by atoms with Gasteiger partial charge in [-0.25, -0.2) is 0 Å². The van der Waals surface area contributed by atoms with Crippen LogP contribution in [0.3, 0.4) is 0 Å². The molecule has 5 heteroatoms. The Morgan fingerprint density at radius 2 is 2.17 bits per heavy atom. The van der Waals surface area contributed by atoms with Crippen LogP contribution in [0.25, 0.3) is 0 Å². The Labute approximate surface area is 136 Å². The highest BCUT2D eigenvalue weighted by Crippen LogP contribution is 2.20. The number of Topliss-reactive ketones (excluding diaryl/α,β-unsaturated/α-hetero) is 1. The Morgan fingerprint density at radius 1 is 1.35 bits per heavy atom. The molecule has 2 aromatic rings. The smallest absolute Gasteiger partial charge is 0.226 e. The molecule has 0 radical (unpaired) electrons. The zero-order chi connectivity index (χ0) is 16.1. The van der Waals surface area contributed by atoms with Crippen LogP contribution in [0.5, 0.6) is 0 Å². The number of ketones is 1. The predicted molar refractivity (Wildman–Crippen MR) is 86.8 cm³/mol. The molecule has 0 amide bonds. The van der Waals surface area contributed by atoms with Crippen molar-refractivity contribution < 1.29 is 9.32 Å². The van der Waals surface area contributed by atoms with E-state index >= 15 is 0 Å². The number of likely N-dealkylation sites (tertiary alicyclic amines) is 1. The number of aryl methyl sites for hydroxylation is 1. The van der Waals surface area contributed by atoms with Crippen LogP contribution in [0.2, 0.25) is 0 Å². The van der Waals surface area contributed by atoms with Crippen molar-refractivity contribution in [1.82, 2.24) is 15.0 Å². The summed E-state index contributed by atoms with van der Waals surface area (Å²) in [5, 5.41) is 4.01. The number of rotatable bonds is 6. The third-order valence-electron chi connectivity index (χ3n) is 4.36. The van der Waals surface area contributed by atoms with Crippen LogP contribution < -0.4 is 0 Å². The van der Waals surface area contributed by atoms with E-state index < -0.39 is 0 Å². The van der Waals surface area contributed by atoms with Crippen molar-refractivity contribution in [3.63, 3.8) is 0 Å². The normalized spacial score (nSPS) is 18.9. The van der Waals surface area contributed by atoms with Crippen LogP contribution in [0.15, 0.2) is 34.9 Å². The van der Waals surface area contributed by atoms with E-state index in [0.717, 1.165) is 43.7 Å². The lowest BCUT2D eigenvalue weighted by molar-refractivity contribution is -0.124. The molecule has 2 heterocycles. The third kappa shape index (κ3) is 4.26. The average molecular weight is 313 g/mol.